The fourth-order valence-corrected chi connectivity index (χ4v) is 3.82. The number of esters is 1. The van der Waals surface area contributed by atoms with Crippen molar-refractivity contribution in [2.45, 2.75) is 50.5 Å². The van der Waals surface area contributed by atoms with E-state index < -0.39 is 23.4 Å². The standard InChI is InChI=1S/C20H25N3O5/c1-28-17(25)14-7-9-15(10-8-14)21-16(24)13-23-18(26)20(22-19(23)27)11-5-3-2-4-6-12-20/h7-10H,2-6,11-13H2,1H3,(H,21,24)(H,22,27). The molecule has 2 N–H and O–H groups in total. The predicted molar refractivity (Wildman–Crippen MR) is 102 cm³/mol. The van der Waals surface area contributed by atoms with E-state index in [9.17, 15) is 19.2 Å². The topological polar surface area (TPSA) is 105 Å². The van der Waals surface area contributed by atoms with Crippen LogP contribution >= 0.6 is 0 Å². The van der Waals surface area contributed by atoms with Crippen molar-refractivity contribution in [2.75, 3.05) is 19.0 Å². The maximum Gasteiger partial charge on any atom is 0.337 e. The number of rotatable bonds is 4. The Labute approximate surface area is 163 Å². The number of urea groups is 1. The van der Waals surface area contributed by atoms with E-state index >= 15 is 0 Å². The molecule has 8 heteroatoms. The van der Waals surface area contributed by atoms with Crippen molar-refractivity contribution in [2.24, 2.45) is 0 Å². The molecule has 3 rings (SSSR count). The van der Waals surface area contributed by atoms with Crippen molar-refractivity contribution in [3.05, 3.63) is 29.8 Å². The summed E-state index contributed by atoms with van der Waals surface area (Å²) in [7, 11) is 1.29. The first-order valence-corrected chi connectivity index (χ1v) is 9.57. The Morgan fingerprint density at radius 1 is 1.07 bits per heavy atom. The summed E-state index contributed by atoms with van der Waals surface area (Å²) in [6.45, 7) is -0.342. The third-order valence-corrected chi connectivity index (χ3v) is 5.34. The van der Waals surface area contributed by atoms with Gasteiger partial charge in [-0.25, -0.2) is 9.59 Å². The van der Waals surface area contributed by atoms with Gasteiger partial charge in [0.25, 0.3) is 5.91 Å². The summed E-state index contributed by atoms with van der Waals surface area (Å²) in [5.41, 5.74) is -0.0360. The van der Waals surface area contributed by atoms with E-state index in [1.807, 2.05) is 0 Å². The van der Waals surface area contributed by atoms with Gasteiger partial charge in [0.2, 0.25) is 5.91 Å². The first-order chi connectivity index (χ1) is 13.4. The minimum atomic E-state index is -0.861. The molecule has 0 atom stereocenters. The highest BCUT2D eigenvalue weighted by Gasteiger charge is 2.50. The summed E-state index contributed by atoms with van der Waals surface area (Å²) >= 11 is 0. The fourth-order valence-electron chi connectivity index (χ4n) is 3.82. The normalized spacial score (nSPS) is 19.0. The molecule has 0 radical (unpaired) electrons. The van der Waals surface area contributed by atoms with Crippen LogP contribution in [0.25, 0.3) is 0 Å². The molecule has 1 aliphatic carbocycles. The number of nitrogens with zero attached hydrogens (tertiary/aromatic N) is 1. The summed E-state index contributed by atoms with van der Waals surface area (Å²) in [4.78, 5) is 50.1. The van der Waals surface area contributed by atoms with Crippen LogP contribution in [0.4, 0.5) is 10.5 Å². The third kappa shape index (κ3) is 4.16. The van der Waals surface area contributed by atoms with Crippen LogP contribution in [0.15, 0.2) is 24.3 Å². The first-order valence-electron chi connectivity index (χ1n) is 9.57. The largest absolute Gasteiger partial charge is 0.465 e. The van der Waals surface area contributed by atoms with Gasteiger partial charge in [0, 0.05) is 5.69 Å². The molecular formula is C20H25N3O5. The zero-order valence-corrected chi connectivity index (χ0v) is 16.0. The van der Waals surface area contributed by atoms with Crippen molar-refractivity contribution in [1.29, 1.82) is 0 Å². The number of imide groups is 1. The maximum atomic E-state index is 12.9. The summed E-state index contributed by atoms with van der Waals surface area (Å²) in [5, 5.41) is 5.48. The molecule has 150 valence electrons. The Hall–Kier alpha value is -2.90. The van der Waals surface area contributed by atoms with Gasteiger partial charge in [0.1, 0.15) is 12.1 Å². The number of ether oxygens (including phenoxy) is 1. The highest BCUT2D eigenvalue weighted by molar-refractivity contribution is 6.10. The lowest BCUT2D eigenvalue weighted by Gasteiger charge is -2.28. The number of carbonyl (C=O) groups is 4. The van der Waals surface area contributed by atoms with Gasteiger partial charge in [-0.15, -0.1) is 0 Å². The fraction of sp³-hybridized carbons (Fsp3) is 0.500. The molecule has 1 aromatic rings. The van der Waals surface area contributed by atoms with Crippen LogP contribution in [-0.2, 0) is 14.3 Å². The molecule has 0 bridgehead atoms. The summed E-state index contributed by atoms with van der Waals surface area (Å²) in [6, 6.07) is 5.66. The minimum absolute atomic E-state index is 0.310. The molecule has 0 unspecified atom stereocenters. The average molecular weight is 387 g/mol. The Morgan fingerprint density at radius 2 is 1.68 bits per heavy atom. The number of anilines is 1. The van der Waals surface area contributed by atoms with Crippen molar-refractivity contribution in [3.8, 4) is 0 Å². The highest BCUT2D eigenvalue weighted by Crippen LogP contribution is 2.32. The zero-order valence-electron chi connectivity index (χ0n) is 16.0. The monoisotopic (exact) mass is 387 g/mol. The minimum Gasteiger partial charge on any atom is -0.465 e. The molecule has 8 nitrogen and oxygen atoms in total. The van der Waals surface area contributed by atoms with E-state index in [2.05, 4.69) is 15.4 Å². The van der Waals surface area contributed by atoms with Gasteiger partial charge in [0.15, 0.2) is 0 Å². The summed E-state index contributed by atoms with van der Waals surface area (Å²) < 4.78 is 4.63. The molecule has 2 fully saturated rings. The Kier molecular flexibility index (Phi) is 5.96. The maximum absolute atomic E-state index is 12.9. The molecule has 1 spiro atoms. The predicted octanol–water partition coefficient (Wildman–Crippen LogP) is 2.45. The highest BCUT2D eigenvalue weighted by atomic mass is 16.5. The molecule has 1 aliphatic heterocycles. The smallest absolute Gasteiger partial charge is 0.337 e. The second-order valence-electron chi connectivity index (χ2n) is 7.29. The SMILES string of the molecule is COC(=O)c1ccc(NC(=O)CN2C(=O)NC3(CCCCCCC3)C2=O)cc1. The molecule has 1 saturated carbocycles. The van der Waals surface area contributed by atoms with Crippen LogP contribution in [-0.4, -0.2) is 47.9 Å². The zero-order chi connectivity index (χ0) is 20.1. The molecule has 1 aromatic carbocycles. The molecule has 1 heterocycles. The number of carbonyl (C=O) groups excluding carboxylic acids is 4. The van der Waals surface area contributed by atoms with E-state index in [-0.39, 0.29) is 12.5 Å². The molecule has 2 aliphatic rings. The first kappa shape index (κ1) is 19.9. The van der Waals surface area contributed by atoms with Gasteiger partial charge >= 0.3 is 12.0 Å². The van der Waals surface area contributed by atoms with E-state index in [0.717, 1.165) is 37.0 Å². The molecule has 0 aromatic heterocycles. The van der Waals surface area contributed by atoms with Crippen LogP contribution in [0.5, 0.6) is 0 Å². The summed E-state index contributed by atoms with van der Waals surface area (Å²) in [5.74, 6) is -1.26. The Morgan fingerprint density at radius 3 is 2.29 bits per heavy atom. The van der Waals surface area contributed by atoms with Gasteiger partial charge in [0.05, 0.1) is 12.7 Å². The lowest BCUT2D eigenvalue weighted by Crippen LogP contribution is -2.47. The quantitative estimate of drug-likeness (QED) is 0.610. The Bertz CT molecular complexity index is 767. The van der Waals surface area contributed by atoms with Crippen LogP contribution in [0.1, 0.15) is 55.3 Å². The van der Waals surface area contributed by atoms with Crippen molar-refractivity contribution < 1.29 is 23.9 Å². The lowest BCUT2D eigenvalue weighted by molar-refractivity contribution is -0.134. The Balaban J connectivity index is 1.62. The second kappa shape index (κ2) is 8.41. The molecular weight excluding hydrogens is 362 g/mol. The average Bonchev–Trinajstić information content (AvgIpc) is 2.89. The van der Waals surface area contributed by atoms with Gasteiger partial charge in [-0.3, -0.25) is 14.5 Å². The third-order valence-electron chi connectivity index (χ3n) is 5.34. The van der Waals surface area contributed by atoms with E-state index in [4.69, 9.17) is 0 Å². The van der Waals surface area contributed by atoms with Gasteiger partial charge in [-0.1, -0.05) is 32.1 Å². The van der Waals surface area contributed by atoms with Gasteiger partial charge in [-0.2, -0.15) is 0 Å². The second-order valence-corrected chi connectivity index (χ2v) is 7.29. The van der Waals surface area contributed by atoms with Crippen LogP contribution < -0.4 is 10.6 Å². The van der Waals surface area contributed by atoms with E-state index in [0.29, 0.717) is 24.1 Å². The van der Waals surface area contributed by atoms with E-state index in [1.54, 1.807) is 12.1 Å². The van der Waals surface area contributed by atoms with E-state index in [1.165, 1.54) is 19.2 Å². The number of benzene rings is 1. The van der Waals surface area contributed by atoms with Crippen molar-refractivity contribution in [1.82, 2.24) is 10.2 Å². The molecule has 1 saturated heterocycles. The van der Waals surface area contributed by atoms with Crippen LogP contribution in [0.2, 0.25) is 0 Å². The number of hydrogen-bond acceptors (Lipinski definition) is 5. The molecule has 4 amide bonds. The van der Waals surface area contributed by atoms with Crippen molar-refractivity contribution in [3.63, 3.8) is 0 Å². The van der Waals surface area contributed by atoms with Gasteiger partial charge in [-0.05, 0) is 37.1 Å². The van der Waals surface area contributed by atoms with Gasteiger partial charge < -0.3 is 15.4 Å². The number of nitrogens with one attached hydrogen (secondary N) is 2. The lowest BCUT2D eigenvalue weighted by atomic mass is 9.84. The number of methoxy groups -OCH3 is 1. The molecule has 28 heavy (non-hydrogen) atoms. The van der Waals surface area contributed by atoms with Crippen LogP contribution in [0.3, 0.4) is 0 Å². The van der Waals surface area contributed by atoms with Crippen LogP contribution in [0, 0.1) is 0 Å². The summed E-state index contributed by atoms with van der Waals surface area (Å²) in [6.07, 6.45) is 6.26. The number of hydrogen-bond donors (Lipinski definition) is 2. The number of amides is 4. The van der Waals surface area contributed by atoms with Crippen molar-refractivity contribution >= 4 is 29.5 Å².